The number of nitrogens with two attached hydrogens (primary N) is 1. The van der Waals surface area contributed by atoms with E-state index in [0.717, 1.165) is 22.6 Å². The van der Waals surface area contributed by atoms with Gasteiger partial charge in [-0.3, -0.25) is 9.59 Å². The number of benzene rings is 2. The lowest BCUT2D eigenvalue weighted by molar-refractivity contribution is -0.136. The lowest BCUT2D eigenvalue weighted by Gasteiger charge is -2.14. The van der Waals surface area contributed by atoms with Crippen molar-refractivity contribution < 1.29 is 14.7 Å². The van der Waals surface area contributed by atoms with Gasteiger partial charge >= 0.3 is 5.97 Å². The molecule has 0 aliphatic heterocycles. The van der Waals surface area contributed by atoms with Gasteiger partial charge in [-0.05, 0) is 55.3 Å². The fourth-order valence-corrected chi connectivity index (χ4v) is 2.94. The maximum Gasteiger partial charge on any atom is 0.303 e. The monoisotopic (exact) mass is 348 g/mol. The molecule has 0 atom stereocenters. The molecule has 3 N–H and O–H groups in total. The summed E-state index contributed by atoms with van der Waals surface area (Å²) < 4.78 is 2.03. The fourth-order valence-electron chi connectivity index (χ4n) is 2.94. The maximum absolute atomic E-state index is 11.3. The average molecular weight is 348 g/mol. The van der Waals surface area contributed by atoms with Gasteiger partial charge in [0.1, 0.15) is 0 Å². The van der Waals surface area contributed by atoms with Gasteiger partial charge in [0.15, 0.2) is 0 Å². The predicted molar refractivity (Wildman–Crippen MR) is 100 cm³/mol. The van der Waals surface area contributed by atoms with Crippen molar-refractivity contribution in [3.63, 3.8) is 0 Å². The molecular formula is C21H20N2O3. The molecule has 0 bridgehead atoms. The molecule has 0 aliphatic carbocycles. The molecule has 5 nitrogen and oxygen atoms in total. The van der Waals surface area contributed by atoms with Crippen molar-refractivity contribution in [3.05, 3.63) is 77.5 Å². The van der Waals surface area contributed by atoms with Crippen LogP contribution in [0.4, 0.5) is 0 Å². The van der Waals surface area contributed by atoms with E-state index < -0.39 is 11.9 Å². The molecule has 1 aromatic heterocycles. The van der Waals surface area contributed by atoms with E-state index in [9.17, 15) is 9.59 Å². The molecular weight excluding hydrogens is 328 g/mol. The normalized spacial score (nSPS) is 10.7. The highest BCUT2D eigenvalue weighted by Crippen LogP contribution is 2.28. The second-order valence-corrected chi connectivity index (χ2v) is 6.22. The van der Waals surface area contributed by atoms with E-state index in [-0.39, 0.29) is 6.42 Å². The summed E-state index contributed by atoms with van der Waals surface area (Å²) in [6.07, 6.45) is 0.468. The number of hydrogen-bond acceptors (Lipinski definition) is 2. The molecule has 0 unspecified atom stereocenters. The summed E-state index contributed by atoms with van der Waals surface area (Å²) in [5.74, 6) is -1.31. The van der Waals surface area contributed by atoms with Crippen LogP contribution in [0.3, 0.4) is 0 Å². The Labute approximate surface area is 151 Å². The Morgan fingerprint density at radius 2 is 1.62 bits per heavy atom. The zero-order chi connectivity index (χ0) is 18.7. The molecule has 0 spiro atoms. The number of aliphatic carboxylic acids is 1. The van der Waals surface area contributed by atoms with Crippen molar-refractivity contribution in [3.8, 4) is 16.9 Å². The van der Waals surface area contributed by atoms with E-state index in [4.69, 9.17) is 10.8 Å². The van der Waals surface area contributed by atoms with Crippen molar-refractivity contribution >= 4 is 11.9 Å². The number of aryl methyl sites for hydroxylation is 2. The molecule has 0 aliphatic rings. The minimum Gasteiger partial charge on any atom is -0.481 e. The Bertz CT molecular complexity index is 938. The Kier molecular flexibility index (Phi) is 4.89. The van der Waals surface area contributed by atoms with Gasteiger partial charge in [0, 0.05) is 16.9 Å². The van der Waals surface area contributed by atoms with Crippen LogP contribution in [0.15, 0.2) is 60.7 Å². The van der Waals surface area contributed by atoms with E-state index >= 15 is 0 Å². The molecule has 1 heterocycles. The van der Waals surface area contributed by atoms with Crippen LogP contribution < -0.4 is 5.73 Å². The van der Waals surface area contributed by atoms with Gasteiger partial charge in [-0.25, -0.2) is 0 Å². The van der Waals surface area contributed by atoms with Crippen LogP contribution in [-0.2, 0) is 11.2 Å². The predicted octanol–water partition coefficient (Wildman–Crippen LogP) is 3.57. The molecule has 26 heavy (non-hydrogen) atoms. The van der Waals surface area contributed by atoms with Gasteiger partial charge in [-0.15, -0.1) is 0 Å². The summed E-state index contributed by atoms with van der Waals surface area (Å²) in [4.78, 5) is 22.3. The Balaban J connectivity index is 2.09. The minimum absolute atomic E-state index is 0.0523. The number of carboxylic acid groups (broad SMARTS) is 1. The molecule has 0 saturated heterocycles. The first kappa shape index (κ1) is 17.5. The fraction of sp³-hybridized carbons (Fsp3) is 0.143. The molecule has 0 radical (unpaired) electrons. The summed E-state index contributed by atoms with van der Waals surface area (Å²) in [5.41, 5.74) is 10.7. The number of carboxylic acids is 1. The zero-order valence-corrected chi connectivity index (χ0v) is 14.5. The van der Waals surface area contributed by atoms with Crippen LogP contribution in [-0.4, -0.2) is 21.6 Å². The summed E-state index contributed by atoms with van der Waals surface area (Å²) in [6.45, 7) is 2.03. The molecule has 2 aromatic carbocycles. The van der Waals surface area contributed by atoms with Crippen LogP contribution in [0, 0.1) is 6.92 Å². The van der Waals surface area contributed by atoms with E-state index in [0.29, 0.717) is 12.0 Å². The first-order valence-corrected chi connectivity index (χ1v) is 8.35. The largest absolute Gasteiger partial charge is 0.481 e. The Morgan fingerprint density at radius 1 is 0.962 bits per heavy atom. The highest BCUT2D eigenvalue weighted by atomic mass is 16.4. The van der Waals surface area contributed by atoms with Crippen molar-refractivity contribution in [1.29, 1.82) is 0 Å². The van der Waals surface area contributed by atoms with Gasteiger partial charge in [0.05, 0.1) is 12.1 Å². The molecule has 3 rings (SSSR count). The Morgan fingerprint density at radius 3 is 2.19 bits per heavy atom. The van der Waals surface area contributed by atoms with E-state index in [1.807, 2.05) is 60.0 Å². The highest BCUT2D eigenvalue weighted by molar-refractivity contribution is 5.92. The SMILES string of the molecule is Cc1ccc(-c2ccc(CCC(=O)O)n2-c2ccc(C(N)=O)cc2)cc1. The van der Waals surface area contributed by atoms with E-state index in [2.05, 4.69) is 0 Å². The molecule has 1 amide bonds. The van der Waals surface area contributed by atoms with Crippen molar-refractivity contribution in [2.75, 3.05) is 0 Å². The first-order chi connectivity index (χ1) is 12.5. The van der Waals surface area contributed by atoms with Gasteiger partial charge in [0.25, 0.3) is 0 Å². The summed E-state index contributed by atoms with van der Waals surface area (Å²) in [7, 11) is 0. The summed E-state index contributed by atoms with van der Waals surface area (Å²) >= 11 is 0. The third-order valence-electron chi connectivity index (χ3n) is 4.31. The average Bonchev–Trinajstić information content (AvgIpc) is 3.04. The third kappa shape index (κ3) is 3.67. The number of primary amides is 1. The lowest BCUT2D eigenvalue weighted by atomic mass is 10.1. The van der Waals surface area contributed by atoms with Gasteiger partial charge in [0.2, 0.25) is 5.91 Å². The summed E-state index contributed by atoms with van der Waals surface area (Å²) in [5, 5.41) is 9.03. The topological polar surface area (TPSA) is 85.3 Å². The second kappa shape index (κ2) is 7.27. The molecule has 132 valence electrons. The van der Waals surface area contributed by atoms with Gasteiger partial charge in [-0.2, -0.15) is 0 Å². The van der Waals surface area contributed by atoms with Crippen molar-refractivity contribution in [1.82, 2.24) is 4.57 Å². The van der Waals surface area contributed by atoms with Crippen LogP contribution in [0.1, 0.15) is 28.0 Å². The van der Waals surface area contributed by atoms with Gasteiger partial charge in [-0.1, -0.05) is 29.8 Å². The summed E-state index contributed by atoms with van der Waals surface area (Å²) in [6, 6.07) is 19.1. The zero-order valence-electron chi connectivity index (χ0n) is 14.5. The molecule has 5 heteroatoms. The van der Waals surface area contributed by atoms with Crippen molar-refractivity contribution in [2.45, 2.75) is 19.8 Å². The first-order valence-electron chi connectivity index (χ1n) is 8.35. The van der Waals surface area contributed by atoms with E-state index in [1.54, 1.807) is 12.1 Å². The van der Waals surface area contributed by atoms with Crippen LogP contribution in [0.2, 0.25) is 0 Å². The Hall–Kier alpha value is -3.34. The number of rotatable bonds is 6. The number of carbonyl (C=O) groups excluding carboxylic acids is 1. The van der Waals surface area contributed by atoms with Crippen LogP contribution in [0.5, 0.6) is 0 Å². The molecule has 3 aromatic rings. The lowest BCUT2D eigenvalue weighted by Crippen LogP contribution is -2.11. The van der Waals surface area contributed by atoms with Crippen LogP contribution >= 0.6 is 0 Å². The number of hydrogen-bond donors (Lipinski definition) is 2. The standard InChI is InChI=1S/C21H20N2O3/c1-14-2-4-15(5-3-14)19-12-10-18(11-13-20(24)25)23(19)17-8-6-16(7-9-17)21(22)26/h2-10,12H,11,13H2,1H3,(H2,22,26)(H,24,25). The quantitative estimate of drug-likeness (QED) is 0.714. The van der Waals surface area contributed by atoms with Crippen molar-refractivity contribution in [2.24, 2.45) is 5.73 Å². The van der Waals surface area contributed by atoms with E-state index in [1.165, 1.54) is 5.56 Å². The van der Waals surface area contributed by atoms with Crippen LogP contribution in [0.25, 0.3) is 16.9 Å². The number of amides is 1. The number of aromatic nitrogens is 1. The third-order valence-corrected chi connectivity index (χ3v) is 4.31. The number of nitrogens with zero attached hydrogens (tertiary/aromatic N) is 1. The molecule has 0 saturated carbocycles. The second-order valence-electron chi connectivity index (χ2n) is 6.22. The number of carbonyl (C=O) groups is 2. The minimum atomic E-state index is -0.835. The maximum atomic E-state index is 11.3. The van der Waals surface area contributed by atoms with Gasteiger partial charge < -0.3 is 15.4 Å². The molecule has 0 fully saturated rings. The highest BCUT2D eigenvalue weighted by Gasteiger charge is 2.13. The smallest absolute Gasteiger partial charge is 0.303 e.